The number of para-hydroxylation sites is 1. The molecule has 0 amide bonds. The maximum atomic E-state index is 5.51. The molecule has 0 unspecified atom stereocenters. The molecule has 0 aliphatic rings. The van der Waals surface area contributed by atoms with E-state index < -0.39 is 0 Å². The highest BCUT2D eigenvalue weighted by atomic mass is 16.5. The molecule has 0 bridgehead atoms. The highest BCUT2D eigenvalue weighted by Gasteiger charge is 2.14. The van der Waals surface area contributed by atoms with Crippen LogP contribution in [0.1, 0.15) is 25.0 Å². The van der Waals surface area contributed by atoms with Crippen molar-refractivity contribution in [1.82, 2.24) is 9.88 Å². The summed E-state index contributed by atoms with van der Waals surface area (Å²) in [5.74, 6) is 1.85. The van der Waals surface area contributed by atoms with E-state index in [0.717, 1.165) is 36.5 Å². The molecule has 1 heterocycles. The summed E-state index contributed by atoms with van der Waals surface area (Å²) in [6.07, 6.45) is 3.10. The van der Waals surface area contributed by atoms with Gasteiger partial charge >= 0.3 is 0 Å². The van der Waals surface area contributed by atoms with Crippen LogP contribution in [0.3, 0.4) is 0 Å². The summed E-state index contributed by atoms with van der Waals surface area (Å²) in [6, 6.07) is 14.9. The summed E-state index contributed by atoms with van der Waals surface area (Å²) >= 11 is 0. The van der Waals surface area contributed by atoms with Crippen molar-refractivity contribution >= 4 is 10.9 Å². The predicted octanol–water partition coefficient (Wildman–Crippen LogP) is 4.64. The molecule has 0 radical (unpaired) electrons. The largest absolute Gasteiger partial charge is 0.497 e. The Morgan fingerprint density at radius 2 is 1.81 bits per heavy atom. The number of hydrogen-bond acceptors (Lipinski definition) is 3. The van der Waals surface area contributed by atoms with Crippen LogP contribution in [0, 0.1) is 0 Å². The first kappa shape index (κ1) is 18.3. The van der Waals surface area contributed by atoms with Crippen molar-refractivity contribution < 1.29 is 9.47 Å². The van der Waals surface area contributed by atoms with Crippen LogP contribution in [-0.4, -0.2) is 36.7 Å². The fourth-order valence-electron chi connectivity index (χ4n) is 3.33. The van der Waals surface area contributed by atoms with Gasteiger partial charge in [-0.15, -0.1) is 0 Å². The zero-order valence-corrected chi connectivity index (χ0v) is 16.1. The van der Waals surface area contributed by atoms with Gasteiger partial charge in [-0.05, 0) is 50.1 Å². The molecule has 0 fully saturated rings. The van der Waals surface area contributed by atoms with Crippen molar-refractivity contribution in [2.75, 3.05) is 20.8 Å². The zero-order valence-electron chi connectivity index (χ0n) is 16.1. The van der Waals surface area contributed by atoms with Gasteiger partial charge in [0.2, 0.25) is 0 Å². The number of hydrogen-bond donors (Lipinski definition) is 1. The minimum absolute atomic E-state index is 0.458. The van der Waals surface area contributed by atoms with E-state index in [1.807, 2.05) is 18.2 Å². The van der Waals surface area contributed by atoms with E-state index in [2.05, 4.69) is 54.2 Å². The van der Waals surface area contributed by atoms with Crippen LogP contribution in [-0.2, 0) is 13.0 Å². The number of ether oxygens (including phenoxy) is 2. The molecule has 0 saturated heterocycles. The summed E-state index contributed by atoms with van der Waals surface area (Å²) < 4.78 is 10.9. The van der Waals surface area contributed by atoms with Crippen LogP contribution in [0.2, 0.25) is 0 Å². The molecule has 4 nitrogen and oxygen atoms in total. The number of aromatic nitrogens is 1. The highest BCUT2D eigenvalue weighted by molar-refractivity contribution is 5.84. The molecule has 0 aliphatic carbocycles. The first-order valence-corrected chi connectivity index (χ1v) is 9.12. The summed E-state index contributed by atoms with van der Waals surface area (Å²) in [7, 11) is 3.44. The molecule has 1 N–H and O–H groups in total. The van der Waals surface area contributed by atoms with Gasteiger partial charge in [0.05, 0.1) is 14.2 Å². The van der Waals surface area contributed by atoms with Crippen LogP contribution in [0.25, 0.3) is 10.9 Å². The van der Waals surface area contributed by atoms with Crippen LogP contribution in [0.4, 0.5) is 0 Å². The van der Waals surface area contributed by atoms with Crippen molar-refractivity contribution in [2.45, 2.75) is 32.9 Å². The fraction of sp³-hybridized carbons (Fsp3) is 0.364. The molecule has 138 valence electrons. The summed E-state index contributed by atoms with van der Waals surface area (Å²) in [6.45, 7) is 6.36. The van der Waals surface area contributed by atoms with Gasteiger partial charge in [0.25, 0.3) is 0 Å². The second kappa shape index (κ2) is 8.28. The molecule has 0 spiro atoms. The maximum Gasteiger partial charge on any atom is 0.123 e. The minimum Gasteiger partial charge on any atom is -0.497 e. The number of methoxy groups -OCH3 is 2. The van der Waals surface area contributed by atoms with Crippen molar-refractivity contribution in [3.63, 3.8) is 0 Å². The van der Waals surface area contributed by atoms with Crippen molar-refractivity contribution in [1.29, 1.82) is 0 Å². The molecular formula is C22H28N2O2. The van der Waals surface area contributed by atoms with Gasteiger partial charge in [-0.25, -0.2) is 0 Å². The Bertz CT molecular complexity index is 854. The Morgan fingerprint density at radius 1 is 1.00 bits per heavy atom. The molecule has 4 heteroatoms. The lowest BCUT2D eigenvalue weighted by molar-refractivity contribution is 0.213. The van der Waals surface area contributed by atoms with E-state index in [1.54, 1.807) is 14.2 Å². The third-order valence-corrected chi connectivity index (χ3v) is 4.94. The van der Waals surface area contributed by atoms with Gasteiger partial charge < -0.3 is 14.5 Å². The Balaban J connectivity index is 1.75. The van der Waals surface area contributed by atoms with E-state index in [-0.39, 0.29) is 0 Å². The molecular weight excluding hydrogens is 324 g/mol. The van der Waals surface area contributed by atoms with Crippen molar-refractivity contribution in [3.8, 4) is 11.5 Å². The van der Waals surface area contributed by atoms with Crippen molar-refractivity contribution in [2.24, 2.45) is 0 Å². The fourth-order valence-corrected chi connectivity index (χ4v) is 3.33. The first-order valence-electron chi connectivity index (χ1n) is 9.12. The van der Waals surface area contributed by atoms with Crippen LogP contribution >= 0.6 is 0 Å². The molecule has 0 aliphatic heterocycles. The zero-order chi connectivity index (χ0) is 18.5. The lowest BCUT2D eigenvalue weighted by Gasteiger charge is -2.27. The van der Waals surface area contributed by atoms with Crippen LogP contribution in [0.5, 0.6) is 11.5 Å². The summed E-state index contributed by atoms with van der Waals surface area (Å²) in [4.78, 5) is 5.85. The third-order valence-electron chi connectivity index (χ3n) is 4.94. The predicted molar refractivity (Wildman–Crippen MR) is 107 cm³/mol. The van der Waals surface area contributed by atoms with E-state index in [0.29, 0.717) is 6.04 Å². The number of aromatic amines is 1. The number of H-pyrrole nitrogens is 1. The quantitative estimate of drug-likeness (QED) is 0.642. The second-order valence-electron chi connectivity index (χ2n) is 6.85. The second-order valence-corrected chi connectivity index (χ2v) is 6.85. The molecule has 3 aromatic rings. The molecule has 0 atom stereocenters. The Labute approximate surface area is 155 Å². The number of nitrogens with one attached hydrogen (secondary N) is 1. The molecule has 1 aromatic heterocycles. The molecule has 26 heavy (non-hydrogen) atoms. The Hall–Kier alpha value is -2.46. The van der Waals surface area contributed by atoms with Gasteiger partial charge in [0, 0.05) is 41.8 Å². The average molecular weight is 352 g/mol. The van der Waals surface area contributed by atoms with Gasteiger partial charge in [-0.2, -0.15) is 0 Å². The van der Waals surface area contributed by atoms with E-state index in [1.165, 1.54) is 16.5 Å². The van der Waals surface area contributed by atoms with E-state index >= 15 is 0 Å². The number of rotatable bonds is 8. The van der Waals surface area contributed by atoms with Crippen molar-refractivity contribution in [3.05, 3.63) is 59.8 Å². The first-order chi connectivity index (χ1) is 12.6. The van der Waals surface area contributed by atoms with Gasteiger partial charge in [-0.1, -0.05) is 18.2 Å². The Morgan fingerprint density at radius 3 is 2.54 bits per heavy atom. The van der Waals surface area contributed by atoms with Gasteiger partial charge in [-0.3, -0.25) is 4.90 Å². The lowest BCUT2D eigenvalue weighted by Crippen LogP contribution is -2.32. The molecule has 2 aromatic carbocycles. The van der Waals surface area contributed by atoms with Gasteiger partial charge in [0.15, 0.2) is 0 Å². The summed E-state index contributed by atoms with van der Waals surface area (Å²) in [5, 5.41) is 1.24. The smallest absolute Gasteiger partial charge is 0.123 e. The van der Waals surface area contributed by atoms with E-state index in [4.69, 9.17) is 9.47 Å². The SMILES string of the molecule is COc1ccc2[nH]cc(CCN(Cc3ccccc3OC)C(C)C)c2c1. The number of benzene rings is 2. The topological polar surface area (TPSA) is 37.5 Å². The minimum atomic E-state index is 0.458. The number of nitrogens with zero attached hydrogens (tertiary/aromatic N) is 1. The normalized spacial score (nSPS) is 11.5. The maximum absolute atomic E-state index is 5.51. The third kappa shape index (κ3) is 4.02. The standard InChI is InChI=1S/C22H28N2O2/c1-16(2)24(15-18-7-5-6-8-22(18)26-4)12-11-17-14-23-21-10-9-19(25-3)13-20(17)21/h5-10,13-14,16,23H,11-12,15H2,1-4H3. The van der Waals surface area contributed by atoms with Crippen LogP contribution < -0.4 is 9.47 Å². The lowest BCUT2D eigenvalue weighted by atomic mass is 10.1. The highest BCUT2D eigenvalue weighted by Crippen LogP contribution is 2.25. The van der Waals surface area contributed by atoms with E-state index in [9.17, 15) is 0 Å². The average Bonchev–Trinajstić information content (AvgIpc) is 3.07. The van der Waals surface area contributed by atoms with Crippen LogP contribution in [0.15, 0.2) is 48.7 Å². The number of fused-ring (bicyclic) bond motifs is 1. The summed E-state index contributed by atoms with van der Waals surface area (Å²) in [5.41, 5.74) is 3.70. The molecule has 3 rings (SSSR count). The Kier molecular flexibility index (Phi) is 5.84. The monoisotopic (exact) mass is 352 g/mol. The van der Waals surface area contributed by atoms with Gasteiger partial charge in [0.1, 0.15) is 11.5 Å². The molecule has 0 saturated carbocycles.